The largest absolute Gasteiger partial charge is 0.369 e. The number of carbonyl (C=O) groups is 2. The number of rotatable bonds is 9. The Bertz CT molecular complexity index is 1290. The monoisotopic (exact) mass is 509 g/mol. The average Bonchev–Trinajstić information content (AvgIpc) is 3.30. The Morgan fingerprint density at radius 1 is 0.921 bits per heavy atom. The molecule has 0 saturated carbocycles. The fourth-order valence-corrected chi connectivity index (χ4v) is 6.07. The van der Waals surface area contributed by atoms with E-state index in [0.717, 1.165) is 57.2 Å². The van der Waals surface area contributed by atoms with E-state index in [1.54, 1.807) is 0 Å². The molecule has 0 radical (unpaired) electrons. The summed E-state index contributed by atoms with van der Waals surface area (Å²) in [5.41, 5.74) is 7.88. The molecule has 5 heteroatoms. The lowest BCUT2D eigenvalue weighted by molar-refractivity contribution is -0.121. The first-order valence-electron chi connectivity index (χ1n) is 14.3. The number of hydrogen-bond acceptors (Lipinski definition) is 3. The highest BCUT2D eigenvalue weighted by Crippen LogP contribution is 2.49. The molecule has 2 amide bonds. The zero-order valence-corrected chi connectivity index (χ0v) is 22.6. The van der Waals surface area contributed by atoms with Gasteiger partial charge in [-0.1, -0.05) is 68.8 Å². The zero-order valence-electron chi connectivity index (χ0n) is 22.6. The Labute approximate surface area is 226 Å². The molecular weight excluding hydrogens is 470 g/mol. The minimum absolute atomic E-state index is 0.0132. The first kappa shape index (κ1) is 26.0. The van der Waals surface area contributed by atoms with Crippen molar-refractivity contribution in [3.8, 4) is 11.1 Å². The van der Waals surface area contributed by atoms with Crippen molar-refractivity contribution in [2.75, 3.05) is 24.5 Å². The average molecular weight is 510 g/mol. The van der Waals surface area contributed by atoms with Crippen molar-refractivity contribution >= 4 is 17.5 Å². The van der Waals surface area contributed by atoms with Crippen molar-refractivity contribution in [3.63, 3.8) is 0 Å². The van der Waals surface area contributed by atoms with E-state index in [2.05, 4.69) is 59.7 Å². The molecule has 0 aromatic heterocycles. The maximum atomic E-state index is 13.6. The number of fused-ring (bicyclic) bond motifs is 3. The van der Waals surface area contributed by atoms with Crippen LogP contribution in [0.2, 0.25) is 0 Å². The highest BCUT2D eigenvalue weighted by Gasteiger charge is 2.37. The van der Waals surface area contributed by atoms with Crippen molar-refractivity contribution in [2.45, 2.75) is 64.3 Å². The molecule has 1 aliphatic carbocycles. The zero-order chi connectivity index (χ0) is 26.5. The molecule has 38 heavy (non-hydrogen) atoms. The lowest BCUT2D eigenvalue weighted by Gasteiger charge is -2.37. The summed E-state index contributed by atoms with van der Waals surface area (Å²) in [7, 11) is 0. The third-order valence-corrected chi connectivity index (χ3v) is 7.91. The normalized spacial score (nSPS) is 18.0. The molecule has 3 aromatic carbocycles. The summed E-state index contributed by atoms with van der Waals surface area (Å²) in [6, 6.07) is 22.4. The van der Waals surface area contributed by atoms with Gasteiger partial charge in [-0.25, -0.2) is 0 Å². The van der Waals surface area contributed by atoms with Gasteiger partial charge in [0.15, 0.2) is 0 Å². The molecule has 1 aliphatic heterocycles. The highest BCUT2D eigenvalue weighted by atomic mass is 16.2. The molecule has 0 bridgehead atoms. The minimum atomic E-state index is -0.280. The third-order valence-electron chi connectivity index (χ3n) is 7.91. The highest BCUT2D eigenvalue weighted by molar-refractivity contribution is 5.98. The molecule has 3 aromatic rings. The third kappa shape index (κ3) is 5.20. The van der Waals surface area contributed by atoms with E-state index in [4.69, 9.17) is 0 Å². The second kappa shape index (κ2) is 11.8. The second-order valence-electron chi connectivity index (χ2n) is 10.6. The van der Waals surface area contributed by atoms with Crippen LogP contribution in [-0.4, -0.2) is 37.5 Å². The van der Waals surface area contributed by atoms with Gasteiger partial charge in [0, 0.05) is 36.9 Å². The summed E-state index contributed by atoms with van der Waals surface area (Å²) < 4.78 is 0. The first-order chi connectivity index (χ1) is 18.6. The van der Waals surface area contributed by atoms with Crippen LogP contribution in [0.25, 0.3) is 11.1 Å². The van der Waals surface area contributed by atoms with Crippen LogP contribution in [0.3, 0.4) is 0 Å². The molecule has 198 valence electrons. The summed E-state index contributed by atoms with van der Waals surface area (Å²) in [4.78, 5) is 28.9. The maximum Gasteiger partial charge on any atom is 0.251 e. The Morgan fingerprint density at radius 2 is 1.71 bits per heavy atom. The molecular formula is C33H39N3O2. The fourth-order valence-electron chi connectivity index (χ4n) is 6.07. The molecule has 5 rings (SSSR count). The van der Waals surface area contributed by atoms with Crippen molar-refractivity contribution < 1.29 is 9.59 Å². The van der Waals surface area contributed by atoms with Gasteiger partial charge in [0.05, 0.1) is 5.92 Å². The van der Waals surface area contributed by atoms with Crippen LogP contribution in [0.15, 0.2) is 66.7 Å². The Morgan fingerprint density at radius 3 is 2.50 bits per heavy atom. The molecule has 1 heterocycles. The molecule has 0 spiro atoms. The van der Waals surface area contributed by atoms with Crippen LogP contribution in [0.5, 0.6) is 0 Å². The van der Waals surface area contributed by atoms with E-state index < -0.39 is 0 Å². The predicted molar refractivity (Wildman–Crippen MR) is 155 cm³/mol. The predicted octanol–water partition coefficient (Wildman–Crippen LogP) is 6.07. The number of benzene rings is 3. The van der Waals surface area contributed by atoms with E-state index in [0.29, 0.717) is 12.1 Å². The number of nitrogens with one attached hydrogen (secondary N) is 2. The lowest BCUT2D eigenvalue weighted by Crippen LogP contribution is -2.48. The maximum absolute atomic E-state index is 13.6. The number of amides is 2. The smallest absolute Gasteiger partial charge is 0.251 e. The number of nitrogens with zero attached hydrogens (tertiary/aromatic N) is 1. The van der Waals surface area contributed by atoms with E-state index in [9.17, 15) is 9.59 Å². The summed E-state index contributed by atoms with van der Waals surface area (Å²) in [5, 5.41) is 6.45. The molecule has 2 aliphatic rings. The van der Waals surface area contributed by atoms with E-state index >= 15 is 0 Å². The Kier molecular flexibility index (Phi) is 8.11. The lowest BCUT2D eigenvalue weighted by atomic mass is 9.88. The summed E-state index contributed by atoms with van der Waals surface area (Å²) in [5.74, 6) is -0.196. The summed E-state index contributed by atoms with van der Waals surface area (Å²) in [6.07, 6.45) is 6.02. The Hall–Kier alpha value is -3.60. The number of anilines is 1. The molecule has 2 unspecified atom stereocenters. The minimum Gasteiger partial charge on any atom is -0.369 e. The van der Waals surface area contributed by atoms with Gasteiger partial charge < -0.3 is 15.5 Å². The fraction of sp³-hybridized carbons (Fsp3) is 0.394. The number of unbranched alkanes of at least 4 members (excludes halogenated alkanes) is 1. The van der Waals surface area contributed by atoms with Gasteiger partial charge in [-0.3, -0.25) is 9.59 Å². The van der Waals surface area contributed by atoms with Crippen LogP contribution in [0.4, 0.5) is 5.69 Å². The van der Waals surface area contributed by atoms with Crippen molar-refractivity contribution in [1.29, 1.82) is 0 Å². The molecule has 2 N–H and O–H groups in total. The number of hydrogen-bond donors (Lipinski definition) is 2. The van der Waals surface area contributed by atoms with Gasteiger partial charge in [0.1, 0.15) is 0 Å². The van der Waals surface area contributed by atoms with E-state index in [-0.39, 0.29) is 23.8 Å². The topological polar surface area (TPSA) is 61.4 Å². The Balaban J connectivity index is 1.49. The molecule has 2 atom stereocenters. The van der Waals surface area contributed by atoms with Crippen molar-refractivity contribution in [1.82, 2.24) is 10.6 Å². The van der Waals surface area contributed by atoms with Gasteiger partial charge in [-0.2, -0.15) is 0 Å². The van der Waals surface area contributed by atoms with Gasteiger partial charge in [0.2, 0.25) is 5.91 Å². The number of piperidine rings is 1. The SMILES string of the molecule is CCCCc1c(N2CCCC(NC(=O)c3ccccc3)C2)ccc2c1C(C(=O)NCCC)c1ccccc1-2. The molecule has 1 fully saturated rings. The van der Waals surface area contributed by atoms with Gasteiger partial charge in [0.25, 0.3) is 5.91 Å². The standard InChI is InChI=1S/C33H39N3O2/c1-3-5-15-28-29(36-21-11-14-24(22-36)35-32(37)23-12-7-6-8-13-23)19-18-27-25-16-9-10-17-26(25)31(30(27)28)33(38)34-20-4-2/h6-10,12-13,16-19,24,31H,3-5,11,14-15,20-22H2,1-2H3,(H,34,38)(H,35,37). The van der Waals surface area contributed by atoms with Crippen LogP contribution < -0.4 is 15.5 Å². The van der Waals surface area contributed by atoms with Crippen molar-refractivity contribution in [2.24, 2.45) is 0 Å². The summed E-state index contributed by atoms with van der Waals surface area (Å²) >= 11 is 0. The van der Waals surface area contributed by atoms with Gasteiger partial charge >= 0.3 is 0 Å². The quantitative estimate of drug-likeness (QED) is 0.368. The van der Waals surface area contributed by atoms with Crippen LogP contribution in [0, 0.1) is 0 Å². The molecule has 1 saturated heterocycles. The van der Waals surface area contributed by atoms with Crippen LogP contribution >= 0.6 is 0 Å². The first-order valence-corrected chi connectivity index (χ1v) is 14.3. The van der Waals surface area contributed by atoms with Crippen LogP contribution in [0.1, 0.15) is 78.9 Å². The second-order valence-corrected chi connectivity index (χ2v) is 10.6. The summed E-state index contributed by atoms with van der Waals surface area (Å²) in [6.45, 7) is 6.72. The number of carbonyl (C=O) groups excluding carboxylic acids is 2. The van der Waals surface area contributed by atoms with Crippen LogP contribution in [-0.2, 0) is 11.2 Å². The van der Waals surface area contributed by atoms with Crippen molar-refractivity contribution in [3.05, 3.63) is 89.0 Å². The van der Waals surface area contributed by atoms with Gasteiger partial charge in [-0.05, 0) is 78.1 Å². The van der Waals surface area contributed by atoms with E-state index in [1.165, 1.54) is 27.9 Å². The molecule has 5 nitrogen and oxygen atoms in total. The van der Waals surface area contributed by atoms with Gasteiger partial charge in [-0.15, -0.1) is 0 Å². The van der Waals surface area contributed by atoms with E-state index in [1.807, 2.05) is 36.4 Å².